The van der Waals surface area contributed by atoms with Crippen molar-refractivity contribution < 1.29 is 17.9 Å². The molecule has 1 amide bonds. The summed E-state index contributed by atoms with van der Waals surface area (Å²) in [5.74, 6) is 0.603. The molecule has 0 aliphatic carbocycles. The van der Waals surface area contributed by atoms with E-state index in [1.54, 1.807) is 6.92 Å². The molecule has 1 aromatic rings. The predicted octanol–water partition coefficient (Wildman–Crippen LogP) is 1.30. The summed E-state index contributed by atoms with van der Waals surface area (Å²) in [7, 11) is -3.13. The normalized spacial score (nSPS) is 17.0. The van der Waals surface area contributed by atoms with Crippen molar-refractivity contribution in [2.45, 2.75) is 32.7 Å². The number of nitrogens with one attached hydrogen (secondary N) is 1. The molecule has 0 aromatic heterocycles. The van der Waals surface area contributed by atoms with Gasteiger partial charge in [0.1, 0.15) is 5.75 Å². The van der Waals surface area contributed by atoms with Crippen molar-refractivity contribution in [1.82, 2.24) is 9.62 Å². The van der Waals surface area contributed by atoms with Crippen LogP contribution in [-0.4, -0.2) is 50.1 Å². The first-order valence-electron chi connectivity index (χ1n) is 7.87. The Morgan fingerprint density at radius 3 is 2.43 bits per heavy atom. The van der Waals surface area contributed by atoms with Gasteiger partial charge in [-0.05, 0) is 38.8 Å². The SMILES string of the molecule is CCS(=O)(=O)N1CCC(NC(=O)COc2ccc(C)cc2)CC1. The van der Waals surface area contributed by atoms with E-state index in [9.17, 15) is 13.2 Å². The number of hydrogen-bond acceptors (Lipinski definition) is 4. The summed E-state index contributed by atoms with van der Waals surface area (Å²) in [5, 5.41) is 2.91. The van der Waals surface area contributed by atoms with Crippen molar-refractivity contribution in [3.8, 4) is 5.75 Å². The fourth-order valence-corrected chi connectivity index (χ4v) is 3.65. The first-order valence-corrected chi connectivity index (χ1v) is 9.48. The molecule has 7 heteroatoms. The highest BCUT2D eigenvalue weighted by Gasteiger charge is 2.27. The standard InChI is InChI=1S/C16H24N2O4S/c1-3-23(20,21)18-10-8-14(9-11-18)17-16(19)12-22-15-6-4-13(2)5-7-15/h4-7,14H,3,8-12H2,1-2H3,(H,17,19). The third-order valence-corrected chi connectivity index (χ3v) is 5.85. The molecule has 0 atom stereocenters. The first kappa shape index (κ1) is 17.7. The van der Waals surface area contributed by atoms with E-state index in [1.807, 2.05) is 31.2 Å². The number of benzene rings is 1. The van der Waals surface area contributed by atoms with E-state index in [4.69, 9.17) is 4.74 Å². The average Bonchev–Trinajstić information content (AvgIpc) is 2.55. The van der Waals surface area contributed by atoms with E-state index in [1.165, 1.54) is 4.31 Å². The smallest absolute Gasteiger partial charge is 0.258 e. The summed E-state index contributed by atoms with van der Waals surface area (Å²) in [5.41, 5.74) is 1.13. The van der Waals surface area contributed by atoms with Crippen LogP contribution in [0.2, 0.25) is 0 Å². The Bertz CT molecular complexity index is 620. The van der Waals surface area contributed by atoms with E-state index in [0.29, 0.717) is 31.7 Å². The minimum absolute atomic E-state index is 0.00687. The zero-order chi connectivity index (χ0) is 16.9. The summed E-state index contributed by atoms with van der Waals surface area (Å²) in [6, 6.07) is 7.52. The number of hydrogen-bond donors (Lipinski definition) is 1. The molecular formula is C16H24N2O4S. The average molecular weight is 340 g/mol. The van der Waals surface area contributed by atoms with E-state index in [0.717, 1.165) is 5.56 Å². The second-order valence-corrected chi connectivity index (χ2v) is 8.00. The van der Waals surface area contributed by atoms with Crippen LogP contribution in [0, 0.1) is 6.92 Å². The molecule has 23 heavy (non-hydrogen) atoms. The molecule has 1 aliphatic heterocycles. The lowest BCUT2D eigenvalue weighted by molar-refractivity contribution is -0.124. The molecule has 1 N–H and O–H groups in total. The summed E-state index contributed by atoms with van der Waals surface area (Å²) >= 11 is 0. The topological polar surface area (TPSA) is 75.7 Å². The van der Waals surface area contributed by atoms with Crippen LogP contribution in [0.5, 0.6) is 5.75 Å². The maximum Gasteiger partial charge on any atom is 0.258 e. The van der Waals surface area contributed by atoms with E-state index in [2.05, 4.69) is 5.32 Å². The van der Waals surface area contributed by atoms with Gasteiger partial charge in [0.05, 0.1) is 5.75 Å². The molecule has 1 heterocycles. The van der Waals surface area contributed by atoms with Crippen LogP contribution in [-0.2, 0) is 14.8 Å². The van der Waals surface area contributed by atoms with Gasteiger partial charge in [-0.2, -0.15) is 0 Å². The van der Waals surface area contributed by atoms with Crippen LogP contribution in [0.3, 0.4) is 0 Å². The maximum atomic E-state index is 11.9. The minimum Gasteiger partial charge on any atom is -0.484 e. The van der Waals surface area contributed by atoms with Crippen LogP contribution in [0.1, 0.15) is 25.3 Å². The Morgan fingerprint density at radius 2 is 1.87 bits per heavy atom. The Hall–Kier alpha value is -1.60. The highest BCUT2D eigenvalue weighted by atomic mass is 32.2. The van der Waals surface area contributed by atoms with Crippen molar-refractivity contribution in [3.63, 3.8) is 0 Å². The molecule has 0 radical (unpaired) electrons. The van der Waals surface area contributed by atoms with Gasteiger partial charge in [0, 0.05) is 19.1 Å². The van der Waals surface area contributed by atoms with Crippen molar-refractivity contribution in [2.24, 2.45) is 0 Å². The highest BCUT2D eigenvalue weighted by molar-refractivity contribution is 7.89. The van der Waals surface area contributed by atoms with Crippen LogP contribution >= 0.6 is 0 Å². The number of carbonyl (C=O) groups is 1. The number of piperidine rings is 1. The van der Waals surface area contributed by atoms with Crippen molar-refractivity contribution in [2.75, 3.05) is 25.4 Å². The number of carbonyl (C=O) groups excluding carboxylic acids is 1. The summed E-state index contributed by atoms with van der Waals surface area (Å²) < 4.78 is 30.5. The third-order valence-electron chi connectivity index (χ3n) is 3.97. The molecule has 1 saturated heterocycles. The van der Waals surface area contributed by atoms with Gasteiger partial charge in [0.25, 0.3) is 5.91 Å². The number of sulfonamides is 1. The lowest BCUT2D eigenvalue weighted by Gasteiger charge is -2.31. The van der Waals surface area contributed by atoms with Crippen molar-refractivity contribution in [3.05, 3.63) is 29.8 Å². The Morgan fingerprint density at radius 1 is 1.26 bits per heavy atom. The number of aryl methyl sites for hydroxylation is 1. The lowest BCUT2D eigenvalue weighted by Crippen LogP contribution is -2.47. The lowest BCUT2D eigenvalue weighted by atomic mass is 10.1. The van der Waals surface area contributed by atoms with Gasteiger partial charge >= 0.3 is 0 Å². The zero-order valence-corrected chi connectivity index (χ0v) is 14.4. The second-order valence-electron chi connectivity index (χ2n) is 5.74. The molecule has 0 unspecified atom stereocenters. The number of rotatable bonds is 6. The Kier molecular flexibility index (Phi) is 6.01. The summed E-state index contributed by atoms with van der Waals surface area (Å²) in [4.78, 5) is 11.9. The largest absolute Gasteiger partial charge is 0.484 e. The van der Waals surface area contributed by atoms with E-state index < -0.39 is 10.0 Å². The van der Waals surface area contributed by atoms with Gasteiger partial charge in [-0.3, -0.25) is 4.79 Å². The third kappa shape index (κ3) is 5.21. The van der Waals surface area contributed by atoms with E-state index >= 15 is 0 Å². The maximum absolute atomic E-state index is 11.9. The Balaban J connectivity index is 1.73. The Labute approximate surface area is 137 Å². The summed E-state index contributed by atoms with van der Waals surface area (Å²) in [6.45, 7) is 4.52. The van der Waals surface area contributed by atoms with Crippen LogP contribution in [0.25, 0.3) is 0 Å². The molecule has 6 nitrogen and oxygen atoms in total. The zero-order valence-electron chi connectivity index (χ0n) is 13.6. The van der Waals surface area contributed by atoms with Crippen molar-refractivity contribution in [1.29, 1.82) is 0 Å². The fourth-order valence-electron chi connectivity index (χ4n) is 2.51. The van der Waals surface area contributed by atoms with Crippen LogP contribution < -0.4 is 10.1 Å². The van der Waals surface area contributed by atoms with Crippen LogP contribution in [0.4, 0.5) is 0 Å². The molecule has 0 spiro atoms. The van der Waals surface area contributed by atoms with Gasteiger partial charge < -0.3 is 10.1 Å². The van der Waals surface area contributed by atoms with Crippen molar-refractivity contribution >= 4 is 15.9 Å². The molecule has 1 aromatic carbocycles. The number of ether oxygens (including phenoxy) is 1. The molecule has 128 valence electrons. The fraction of sp³-hybridized carbons (Fsp3) is 0.562. The first-order chi connectivity index (χ1) is 10.9. The highest BCUT2D eigenvalue weighted by Crippen LogP contribution is 2.15. The molecular weight excluding hydrogens is 316 g/mol. The quantitative estimate of drug-likeness (QED) is 0.847. The van der Waals surface area contributed by atoms with Crippen LogP contribution in [0.15, 0.2) is 24.3 Å². The number of amides is 1. The van der Waals surface area contributed by atoms with Gasteiger partial charge in [0.2, 0.25) is 10.0 Å². The molecule has 0 bridgehead atoms. The van der Waals surface area contributed by atoms with Gasteiger partial charge in [-0.25, -0.2) is 12.7 Å². The summed E-state index contributed by atoms with van der Waals surface area (Å²) in [6.07, 6.45) is 1.27. The minimum atomic E-state index is -3.13. The van der Waals surface area contributed by atoms with Gasteiger partial charge in [0.15, 0.2) is 6.61 Å². The van der Waals surface area contributed by atoms with E-state index in [-0.39, 0.29) is 24.3 Å². The molecule has 1 aliphatic rings. The number of nitrogens with zero attached hydrogens (tertiary/aromatic N) is 1. The van der Waals surface area contributed by atoms with Gasteiger partial charge in [-0.15, -0.1) is 0 Å². The molecule has 1 fully saturated rings. The predicted molar refractivity (Wildman–Crippen MR) is 88.9 cm³/mol. The second kappa shape index (κ2) is 7.79. The van der Waals surface area contributed by atoms with Gasteiger partial charge in [-0.1, -0.05) is 17.7 Å². The molecule has 0 saturated carbocycles. The monoisotopic (exact) mass is 340 g/mol. The molecule has 2 rings (SSSR count).